The van der Waals surface area contributed by atoms with Gasteiger partial charge in [-0.25, -0.2) is 19.0 Å². The monoisotopic (exact) mass is 310 g/mol. The largest absolute Gasteiger partial charge is 0.463 e. The summed E-state index contributed by atoms with van der Waals surface area (Å²) in [5, 5.41) is 8.23. The van der Waals surface area contributed by atoms with E-state index in [1.165, 1.54) is 12.4 Å². The second kappa shape index (κ2) is 5.16. The standard InChI is InChI=1S/C15H11FN6O/c16-10-4-3-9(6-11(10)17)7-22-15-14(20-21-22)13(18-8-19-15)12-2-1-5-23-12/h1-6,8H,7,17H2. The molecule has 0 unspecified atom stereocenters. The van der Waals surface area contributed by atoms with Crippen LogP contribution in [0.2, 0.25) is 0 Å². The molecule has 114 valence electrons. The van der Waals surface area contributed by atoms with E-state index >= 15 is 0 Å². The molecule has 8 heteroatoms. The molecule has 0 aliphatic heterocycles. The first-order valence-corrected chi connectivity index (χ1v) is 6.84. The van der Waals surface area contributed by atoms with Crippen molar-refractivity contribution < 1.29 is 8.81 Å². The molecule has 7 nitrogen and oxygen atoms in total. The maximum absolute atomic E-state index is 13.2. The van der Waals surface area contributed by atoms with Gasteiger partial charge >= 0.3 is 0 Å². The van der Waals surface area contributed by atoms with Gasteiger partial charge in [0.25, 0.3) is 0 Å². The third-order valence-electron chi connectivity index (χ3n) is 3.45. The minimum Gasteiger partial charge on any atom is -0.463 e. The van der Waals surface area contributed by atoms with Crippen molar-refractivity contribution in [1.82, 2.24) is 25.0 Å². The Morgan fingerprint density at radius 3 is 2.91 bits per heavy atom. The third-order valence-corrected chi connectivity index (χ3v) is 3.45. The van der Waals surface area contributed by atoms with Crippen LogP contribution in [0.4, 0.5) is 10.1 Å². The SMILES string of the molecule is Nc1cc(Cn2nnc3c(-c4ccco4)ncnc32)ccc1F. The van der Waals surface area contributed by atoms with Gasteiger partial charge in [-0.1, -0.05) is 11.3 Å². The molecule has 0 amide bonds. The van der Waals surface area contributed by atoms with E-state index in [0.29, 0.717) is 29.2 Å². The molecule has 23 heavy (non-hydrogen) atoms. The van der Waals surface area contributed by atoms with Crippen LogP contribution in [-0.2, 0) is 6.54 Å². The highest BCUT2D eigenvalue weighted by molar-refractivity contribution is 5.84. The van der Waals surface area contributed by atoms with Gasteiger partial charge in [0, 0.05) is 0 Å². The lowest BCUT2D eigenvalue weighted by Gasteiger charge is -2.04. The zero-order chi connectivity index (χ0) is 15.8. The van der Waals surface area contributed by atoms with E-state index in [2.05, 4.69) is 20.3 Å². The Balaban J connectivity index is 1.77. The van der Waals surface area contributed by atoms with Crippen LogP contribution in [0.15, 0.2) is 47.3 Å². The van der Waals surface area contributed by atoms with E-state index in [1.54, 1.807) is 35.2 Å². The van der Waals surface area contributed by atoms with Crippen molar-refractivity contribution in [2.24, 2.45) is 0 Å². The predicted molar refractivity (Wildman–Crippen MR) is 80.7 cm³/mol. The Kier molecular flexibility index (Phi) is 3.00. The summed E-state index contributed by atoms with van der Waals surface area (Å²) >= 11 is 0. The fourth-order valence-corrected chi connectivity index (χ4v) is 2.36. The Bertz CT molecular complexity index is 979. The van der Waals surface area contributed by atoms with Gasteiger partial charge in [0.05, 0.1) is 18.5 Å². The highest BCUT2D eigenvalue weighted by Gasteiger charge is 2.15. The van der Waals surface area contributed by atoms with Crippen molar-refractivity contribution in [3.63, 3.8) is 0 Å². The van der Waals surface area contributed by atoms with Gasteiger partial charge in [-0.3, -0.25) is 0 Å². The number of furan rings is 1. The molecular weight excluding hydrogens is 299 g/mol. The predicted octanol–water partition coefficient (Wildman–Crippen LogP) is 2.25. The van der Waals surface area contributed by atoms with Crippen molar-refractivity contribution in [2.75, 3.05) is 5.73 Å². The molecular formula is C15H11FN6O. The van der Waals surface area contributed by atoms with E-state index in [4.69, 9.17) is 10.2 Å². The number of hydrogen-bond donors (Lipinski definition) is 1. The second-order valence-corrected chi connectivity index (χ2v) is 4.97. The van der Waals surface area contributed by atoms with Crippen LogP contribution >= 0.6 is 0 Å². The Labute approximate surface area is 129 Å². The van der Waals surface area contributed by atoms with Crippen molar-refractivity contribution in [3.8, 4) is 11.5 Å². The number of fused-ring (bicyclic) bond motifs is 1. The Morgan fingerprint density at radius 1 is 1.22 bits per heavy atom. The summed E-state index contributed by atoms with van der Waals surface area (Å²) in [6, 6.07) is 8.11. The zero-order valence-electron chi connectivity index (χ0n) is 11.8. The molecule has 0 saturated carbocycles. The van der Waals surface area contributed by atoms with Crippen molar-refractivity contribution in [1.29, 1.82) is 0 Å². The molecule has 0 bridgehead atoms. The third kappa shape index (κ3) is 2.30. The fourth-order valence-electron chi connectivity index (χ4n) is 2.36. The summed E-state index contributed by atoms with van der Waals surface area (Å²) in [5.74, 6) is 0.148. The number of hydrogen-bond acceptors (Lipinski definition) is 6. The molecule has 0 radical (unpaired) electrons. The van der Waals surface area contributed by atoms with Crippen LogP contribution in [0.3, 0.4) is 0 Å². The van der Waals surface area contributed by atoms with Crippen LogP contribution in [0.1, 0.15) is 5.56 Å². The van der Waals surface area contributed by atoms with E-state index in [1.807, 2.05) is 0 Å². The summed E-state index contributed by atoms with van der Waals surface area (Å²) < 4.78 is 20.2. The summed E-state index contributed by atoms with van der Waals surface area (Å²) in [6.07, 6.45) is 2.99. The zero-order valence-corrected chi connectivity index (χ0v) is 11.8. The number of nitrogens with two attached hydrogens (primary N) is 1. The molecule has 0 saturated heterocycles. The number of anilines is 1. The maximum atomic E-state index is 13.2. The molecule has 0 aliphatic carbocycles. The smallest absolute Gasteiger partial charge is 0.182 e. The van der Waals surface area contributed by atoms with Crippen LogP contribution < -0.4 is 5.73 Å². The van der Waals surface area contributed by atoms with Gasteiger partial charge in [0.2, 0.25) is 0 Å². The molecule has 4 aromatic rings. The molecule has 0 aliphatic rings. The number of rotatable bonds is 3. The summed E-state index contributed by atoms with van der Waals surface area (Å²) in [6.45, 7) is 0.371. The van der Waals surface area contributed by atoms with E-state index in [9.17, 15) is 4.39 Å². The molecule has 1 aromatic carbocycles. The van der Waals surface area contributed by atoms with Crippen molar-refractivity contribution >= 4 is 16.9 Å². The van der Waals surface area contributed by atoms with Gasteiger partial charge in [0.15, 0.2) is 16.9 Å². The highest BCUT2D eigenvalue weighted by atomic mass is 19.1. The van der Waals surface area contributed by atoms with Crippen molar-refractivity contribution in [2.45, 2.75) is 6.54 Å². The summed E-state index contributed by atoms with van der Waals surface area (Å²) in [7, 11) is 0. The minimum atomic E-state index is -0.445. The number of halogens is 1. The lowest BCUT2D eigenvalue weighted by molar-refractivity contribution is 0.580. The fraction of sp³-hybridized carbons (Fsp3) is 0.0667. The molecule has 0 spiro atoms. The first-order valence-electron chi connectivity index (χ1n) is 6.84. The first-order chi connectivity index (χ1) is 11.2. The molecule has 2 N–H and O–H groups in total. The van der Waals surface area contributed by atoms with Crippen LogP contribution in [-0.4, -0.2) is 25.0 Å². The van der Waals surface area contributed by atoms with E-state index < -0.39 is 5.82 Å². The minimum absolute atomic E-state index is 0.0952. The first kappa shape index (κ1) is 13.4. The molecule has 0 fully saturated rings. The normalized spacial score (nSPS) is 11.2. The number of aromatic nitrogens is 5. The molecule has 4 rings (SSSR count). The number of benzene rings is 1. The van der Waals surface area contributed by atoms with Crippen LogP contribution in [0.5, 0.6) is 0 Å². The lowest BCUT2D eigenvalue weighted by atomic mass is 10.2. The highest BCUT2D eigenvalue weighted by Crippen LogP contribution is 2.24. The quantitative estimate of drug-likeness (QED) is 0.583. The second-order valence-electron chi connectivity index (χ2n) is 4.97. The van der Waals surface area contributed by atoms with Gasteiger partial charge in [-0.2, -0.15) is 0 Å². The number of nitrogens with zero attached hydrogens (tertiary/aromatic N) is 5. The van der Waals surface area contributed by atoms with Crippen molar-refractivity contribution in [3.05, 3.63) is 54.3 Å². The summed E-state index contributed by atoms with van der Waals surface area (Å²) in [5.41, 5.74) is 8.16. The van der Waals surface area contributed by atoms with Crippen LogP contribution in [0, 0.1) is 5.82 Å². The van der Waals surface area contributed by atoms with Gasteiger partial charge in [-0.15, -0.1) is 5.10 Å². The van der Waals surface area contributed by atoms with Gasteiger partial charge in [-0.05, 0) is 29.8 Å². The van der Waals surface area contributed by atoms with Gasteiger partial charge < -0.3 is 10.2 Å². The average Bonchev–Trinajstić information content (AvgIpc) is 3.21. The Morgan fingerprint density at radius 2 is 2.13 bits per heavy atom. The number of nitrogen functional groups attached to an aromatic ring is 1. The Hall–Kier alpha value is -3.29. The molecule has 3 aromatic heterocycles. The van der Waals surface area contributed by atoms with E-state index in [0.717, 1.165) is 5.56 Å². The molecule has 3 heterocycles. The lowest BCUT2D eigenvalue weighted by Crippen LogP contribution is -2.04. The maximum Gasteiger partial charge on any atom is 0.182 e. The van der Waals surface area contributed by atoms with Crippen LogP contribution in [0.25, 0.3) is 22.6 Å². The average molecular weight is 310 g/mol. The van der Waals surface area contributed by atoms with E-state index in [-0.39, 0.29) is 5.69 Å². The van der Waals surface area contributed by atoms with Gasteiger partial charge in [0.1, 0.15) is 17.8 Å². The summed E-state index contributed by atoms with van der Waals surface area (Å²) in [4.78, 5) is 8.43. The molecule has 0 atom stereocenters. The topological polar surface area (TPSA) is 95.7 Å².